The fraction of sp³-hybridized carbons (Fsp3) is 0.625. The summed E-state index contributed by atoms with van der Waals surface area (Å²) in [6.45, 7) is 8.21. The summed E-state index contributed by atoms with van der Waals surface area (Å²) in [6, 6.07) is 6.72. The first-order valence-electron chi connectivity index (χ1n) is 7.00. The highest BCUT2D eigenvalue weighted by Gasteiger charge is 2.21. The fourth-order valence-corrected chi connectivity index (χ4v) is 2.38. The quantitative estimate of drug-likeness (QED) is 0.782. The van der Waals surface area contributed by atoms with Gasteiger partial charge in [0.15, 0.2) is 0 Å². The van der Waals surface area contributed by atoms with E-state index < -0.39 is 0 Å². The van der Waals surface area contributed by atoms with Gasteiger partial charge in [-0.15, -0.1) is 0 Å². The van der Waals surface area contributed by atoms with E-state index in [4.69, 9.17) is 9.47 Å². The molecule has 3 heteroatoms. The van der Waals surface area contributed by atoms with E-state index in [0.717, 1.165) is 25.3 Å². The molecule has 3 nitrogen and oxygen atoms in total. The van der Waals surface area contributed by atoms with Crippen LogP contribution in [0, 0.1) is 12.8 Å². The average molecular weight is 265 g/mol. The van der Waals surface area contributed by atoms with Crippen LogP contribution in [0.3, 0.4) is 0 Å². The Hall–Kier alpha value is -1.06. The summed E-state index contributed by atoms with van der Waals surface area (Å²) < 4.78 is 10.7. The molecule has 0 aliphatic rings. The maximum atomic E-state index is 5.54. The Labute approximate surface area is 117 Å². The number of nitrogens with one attached hydrogen (secondary N) is 1. The molecule has 0 aliphatic carbocycles. The van der Waals surface area contributed by atoms with Crippen molar-refractivity contribution in [3.05, 3.63) is 29.3 Å². The highest BCUT2D eigenvalue weighted by atomic mass is 16.5. The van der Waals surface area contributed by atoms with Crippen molar-refractivity contribution in [2.75, 3.05) is 27.4 Å². The first-order chi connectivity index (χ1) is 9.13. The second-order valence-corrected chi connectivity index (χ2v) is 5.04. The maximum Gasteiger partial charge on any atom is 0.123 e. The summed E-state index contributed by atoms with van der Waals surface area (Å²) in [6.07, 6.45) is 1.03. The lowest BCUT2D eigenvalue weighted by molar-refractivity contribution is 0.170. The van der Waals surface area contributed by atoms with Crippen molar-refractivity contribution in [2.45, 2.75) is 33.2 Å². The SMILES string of the molecule is CCNC(c1ccc(C)cc1OC)C(C)CCOC. The second kappa shape index (κ2) is 8.18. The van der Waals surface area contributed by atoms with Crippen molar-refractivity contribution in [3.8, 4) is 5.75 Å². The van der Waals surface area contributed by atoms with Gasteiger partial charge in [-0.2, -0.15) is 0 Å². The number of hydrogen-bond donors (Lipinski definition) is 1. The van der Waals surface area contributed by atoms with Gasteiger partial charge in [0, 0.05) is 25.3 Å². The first-order valence-corrected chi connectivity index (χ1v) is 7.00. The van der Waals surface area contributed by atoms with E-state index in [-0.39, 0.29) is 0 Å². The second-order valence-electron chi connectivity index (χ2n) is 5.04. The Balaban J connectivity index is 2.97. The maximum absolute atomic E-state index is 5.54. The standard InChI is InChI=1S/C16H27NO2/c1-6-17-16(13(3)9-10-18-4)14-8-7-12(2)11-15(14)19-5/h7-8,11,13,16-17H,6,9-10H2,1-5H3. The minimum Gasteiger partial charge on any atom is -0.496 e. The highest BCUT2D eigenvalue weighted by Crippen LogP contribution is 2.32. The molecule has 0 aromatic heterocycles. The molecule has 0 heterocycles. The van der Waals surface area contributed by atoms with Crippen LogP contribution in [-0.4, -0.2) is 27.4 Å². The lowest BCUT2D eigenvalue weighted by atomic mass is 9.91. The Morgan fingerprint density at radius 3 is 2.58 bits per heavy atom. The molecule has 0 saturated heterocycles. The van der Waals surface area contributed by atoms with Crippen LogP contribution in [0.2, 0.25) is 0 Å². The molecule has 1 aromatic rings. The van der Waals surface area contributed by atoms with Crippen molar-refractivity contribution >= 4 is 0 Å². The zero-order valence-corrected chi connectivity index (χ0v) is 12.8. The predicted molar refractivity (Wildman–Crippen MR) is 79.8 cm³/mol. The summed E-state index contributed by atoms with van der Waals surface area (Å²) in [5.74, 6) is 1.46. The van der Waals surface area contributed by atoms with Crippen molar-refractivity contribution in [1.29, 1.82) is 0 Å². The molecule has 0 amide bonds. The van der Waals surface area contributed by atoms with Crippen LogP contribution >= 0.6 is 0 Å². The van der Waals surface area contributed by atoms with Crippen molar-refractivity contribution in [3.63, 3.8) is 0 Å². The molecule has 19 heavy (non-hydrogen) atoms. The molecule has 0 bridgehead atoms. The van der Waals surface area contributed by atoms with Gasteiger partial charge in [-0.05, 0) is 37.4 Å². The molecule has 0 fully saturated rings. The molecule has 1 N–H and O–H groups in total. The summed E-state index contributed by atoms with van der Waals surface area (Å²) >= 11 is 0. The van der Waals surface area contributed by atoms with Crippen LogP contribution in [-0.2, 0) is 4.74 Å². The van der Waals surface area contributed by atoms with E-state index in [9.17, 15) is 0 Å². The lowest BCUT2D eigenvalue weighted by Gasteiger charge is -2.27. The van der Waals surface area contributed by atoms with Gasteiger partial charge in [0.1, 0.15) is 5.75 Å². The van der Waals surface area contributed by atoms with E-state index in [1.165, 1.54) is 11.1 Å². The van der Waals surface area contributed by atoms with Gasteiger partial charge in [-0.25, -0.2) is 0 Å². The monoisotopic (exact) mass is 265 g/mol. The summed E-state index contributed by atoms with van der Waals surface area (Å²) in [5.41, 5.74) is 2.46. The van der Waals surface area contributed by atoms with E-state index in [1.54, 1.807) is 14.2 Å². The Morgan fingerprint density at radius 1 is 1.26 bits per heavy atom. The minimum atomic E-state index is 0.302. The van der Waals surface area contributed by atoms with Gasteiger partial charge >= 0.3 is 0 Å². The Bertz CT molecular complexity index is 379. The Kier molecular flexibility index (Phi) is 6.89. The molecule has 1 rings (SSSR count). The van der Waals surface area contributed by atoms with Crippen molar-refractivity contribution in [2.24, 2.45) is 5.92 Å². The minimum absolute atomic E-state index is 0.302. The zero-order valence-electron chi connectivity index (χ0n) is 12.8. The van der Waals surface area contributed by atoms with Gasteiger partial charge in [-0.3, -0.25) is 0 Å². The molecule has 1 aromatic carbocycles. The highest BCUT2D eigenvalue weighted by molar-refractivity contribution is 5.39. The smallest absolute Gasteiger partial charge is 0.123 e. The van der Waals surface area contributed by atoms with Gasteiger partial charge in [0.25, 0.3) is 0 Å². The van der Waals surface area contributed by atoms with E-state index in [2.05, 4.69) is 44.3 Å². The lowest BCUT2D eigenvalue weighted by Crippen LogP contribution is -2.28. The molecule has 0 radical (unpaired) electrons. The number of ether oxygens (including phenoxy) is 2. The molecule has 2 atom stereocenters. The van der Waals surface area contributed by atoms with Gasteiger partial charge in [0.2, 0.25) is 0 Å². The third-order valence-corrected chi connectivity index (χ3v) is 3.49. The molecule has 0 spiro atoms. The van der Waals surface area contributed by atoms with E-state index in [0.29, 0.717) is 12.0 Å². The van der Waals surface area contributed by atoms with E-state index >= 15 is 0 Å². The van der Waals surface area contributed by atoms with Crippen molar-refractivity contribution < 1.29 is 9.47 Å². The molecule has 108 valence electrons. The summed E-state index contributed by atoms with van der Waals surface area (Å²) in [7, 11) is 3.49. The average Bonchev–Trinajstić information content (AvgIpc) is 2.42. The molecule has 2 unspecified atom stereocenters. The zero-order chi connectivity index (χ0) is 14.3. The number of benzene rings is 1. The fourth-order valence-electron chi connectivity index (χ4n) is 2.38. The van der Waals surface area contributed by atoms with Gasteiger partial charge in [-0.1, -0.05) is 26.0 Å². The molecular formula is C16H27NO2. The van der Waals surface area contributed by atoms with Crippen molar-refractivity contribution in [1.82, 2.24) is 5.32 Å². The number of rotatable bonds is 8. The molecular weight excluding hydrogens is 238 g/mol. The van der Waals surface area contributed by atoms with Crippen LogP contribution in [0.1, 0.15) is 37.4 Å². The van der Waals surface area contributed by atoms with Crippen LogP contribution in [0.4, 0.5) is 0 Å². The normalized spacial score (nSPS) is 14.2. The molecule has 0 aliphatic heterocycles. The topological polar surface area (TPSA) is 30.5 Å². The number of methoxy groups -OCH3 is 2. The van der Waals surface area contributed by atoms with Crippen LogP contribution in [0.25, 0.3) is 0 Å². The third-order valence-electron chi connectivity index (χ3n) is 3.49. The Morgan fingerprint density at radius 2 is 2.00 bits per heavy atom. The number of hydrogen-bond acceptors (Lipinski definition) is 3. The van der Waals surface area contributed by atoms with Crippen LogP contribution in [0.5, 0.6) is 5.75 Å². The largest absolute Gasteiger partial charge is 0.496 e. The third kappa shape index (κ3) is 4.51. The first kappa shape index (κ1) is 16.0. The summed E-state index contributed by atoms with van der Waals surface area (Å²) in [4.78, 5) is 0. The van der Waals surface area contributed by atoms with Gasteiger partial charge < -0.3 is 14.8 Å². The van der Waals surface area contributed by atoms with E-state index in [1.807, 2.05) is 0 Å². The summed E-state index contributed by atoms with van der Waals surface area (Å²) in [5, 5.41) is 3.57. The predicted octanol–water partition coefficient (Wildman–Crippen LogP) is 3.33. The van der Waals surface area contributed by atoms with Crippen LogP contribution in [0.15, 0.2) is 18.2 Å². The van der Waals surface area contributed by atoms with Crippen LogP contribution < -0.4 is 10.1 Å². The van der Waals surface area contributed by atoms with Gasteiger partial charge in [0.05, 0.1) is 7.11 Å². The number of aryl methyl sites for hydroxylation is 1. The molecule has 0 saturated carbocycles.